The number of nitrogens with one attached hydrogen (secondary N) is 1. The monoisotopic (exact) mass is 218 g/mol. The fraction of sp³-hybridized carbons (Fsp3) is 0.250. The lowest BCUT2D eigenvalue weighted by molar-refractivity contribution is 0.392. The van der Waals surface area contributed by atoms with E-state index in [9.17, 15) is 5.11 Å². The molecular formula is C12H14N2O2. The number of benzene rings is 1. The summed E-state index contributed by atoms with van der Waals surface area (Å²) in [5.41, 5.74) is 2.83. The minimum Gasteiger partial charge on any atom is -0.508 e. The van der Waals surface area contributed by atoms with Crippen molar-refractivity contribution in [3.05, 3.63) is 41.3 Å². The van der Waals surface area contributed by atoms with Crippen molar-refractivity contribution < 1.29 is 9.63 Å². The predicted octanol–water partition coefficient (Wildman–Crippen LogP) is 2.61. The molecule has 16 heavy (non-hydrogen) atoms. The lowest BCUT2D eigenvalue weighted by atomic mass is 10.2. The topological polar surface area (TPSA) is 58.3 Å². The number of hydrogen-bond donors (Lipinski definition) is 2. The first-order valence-corrected chi connectivity index (χ1v) is 5.11. The van der Waals surface area contributed by atoms with E-state index in [1.165, 1.54) is 0 Å². The molecule has 0 unspecified atom stereocenters. The summed E-state index contributed by atoms with van der Waals surface area (Å²) in [4.78, 5) is 0. The zero-order valence-corrected chi connectivity index (χ0v) is 9.32. The van der Waals surface area contributed by atoms with Crippen molar-refractivity contribution in [2.24, 2.45) is 0 Å². The van der Waals surface area contributed by atoms with Crippen LogP contribution in [0, 0.1) is 13.8 Å². The van der Waals surface area contributed by atoms with E-state index in [-0.39, 0.29) is 5.75 Å². The maximum atomic E-state index is 9.31. The van der Waals surface area contributed by atoms with Crippen LogP contribution >= 0.6 is 0 Å². The number of nitrogens with zero attached hydrogens (tertiary/aromatic N) is 1. The molecule has 0 bridgehead atoms. The van der Waals surface area contributed by atoms with E-state index < -0.39 is 0 Å². The van der Waals surface area contributed by atoms with Gasteiger partial charge in [-0.25, -0.2) is 0 Å². The number of phenolic OH excluding ortho intramolecular Hbond substituents is 1. The van der Waals surface area contributed by atoms with Crippen molar-refractivity contribution in [1.82, 2.24) is 5.16 Å². The summed E-state index contributed by atoms with van der Waals surface area (Å²) < 4.78 is 5.07. The van der Waals surface area contributed by atoms with Crippen LogP contribution in [0.1, 0.15) is 17.0 Å². The maximum Gasteiger partial charge on any atom is 0.138 e. The van der Waals surface area contributed by atoms with Gasteiger partial charge in [0.1, 0.15) is 11.5 Å². The summed E-state index contributed by atoms with van der Waals surface area (Å²) in [7, 11) is 0. The van der Waals surface area contributed by atoms with Crippen molar-refractivity contribution in [2.45, 2.75) is 20.4 Å². The molecular weight excluding hydrogens is 204 g/mol. The van der Waals surface area contributed by atoms with Crippen LogP contribution in [0.5, 0.6) is 5.75 Å². The molecule has 1 heterocycles. The van der Waals surface area contributed by atoms with Gasteiger partial charge in [0.05, 0.1) is 5.69 Å². The largest absolute Gasteiger partial charge is 0.508 e. The number of rotatable bonds is 3. The summed E-state index contributed by atoms with van der Waals surface area (Å²) in [6, 6.07) is 7.02. The van der Waals surface area contributed by atoms with Gasteiger partial charge in [0.25, 0.3) is 0 Å². The molecule has 0 saturated heterocycles. The van der Waals surface area contributed by atoms with Gasteiger partial charge in [-0.15, -0.1) is 0 Å². The first-order valence-electron chi connectivity index (χ1n) is 5.11. The van der Waals surface area contributed by atoms with Crippen LogP contribution < -0.4 is 5.32 Å². The summed E-state index contributed by atoms with van der Waals surface area (Å²) in [6.45, 7) is 4.44. The molecule has 0 aliphatic rings. The zero-order valence-electron chi connectivity index (χ0n) is 9.32. The smallest absolute Gasteiger partial charge is 0.138 e. The van der Waals surface area contributed by atoms with E-state index >= 15 is 0 Å². The molecule has 0 spiro atoms. The Morgan fingerprint density at radius 2 is 2.19 bits per heavy atom. The number of anilines is 1. The lowest BCUT2D eigenvalue weighted by Crippen LogP contribution is -2.00. The maximum absolute atomic E-state index is 9.31. The van der Waals surface area contributed by atoms with E-state index in [1.807, 2.05) is 19.9 Å². The summed E-state index contributed by atoms with van der Waals surface area (Å²) in [5, 5.41) is 16.4. The Kier molecular flexibility index (Phi) is 2.81. The SMILES string of the molecule is Cc1noc(C)c1CNc1cccc(O)c1. The molecule has 0 aliphatic heterocycles. The summed E-state index contributed by atoms with van der Waals surface area (Å²) in [6.07, 6.45) is 0. The van der Waals surface area contributed by atoms with Crippen molar-refractivity contribution in [2.75, 3.05) is 5.32 Å². The molecule has 0 radical (unpaired) electrons. The first-order chi connectivity index (χ1) is 7.66. The highest BCUT2D eigenvalue weighted by Crippen LogP contribution is 2.18. The average molecular weight is 218 g/mol. The van der Waals surface area contributed by atoms with E-state index in [0.717, 1.165) is 22.7 Å². The Balaban J connectivity index is 2.08. The number of aromatic nitrogens is 1. The molecule has 0 aliphatic carbocycles. The molecule has 4 nitrogen and oxygen atoms in total. The molecule has 0 amide bonds. The van der Waals surface area contributed by atoms with E-state index in [2.05, 4.69) is 10.5 Å². The zero-order chi connectivity index (χ0) is 11.5. The summed E-state index contributed by atoms with van der Waals surface area (Å²) >= 11 is 0. The van der Waals surface area contributed by atoms with Gasteiger partial charge in [0.2, 0.25) is 0 Å². The highest BCUT2D eigenvalue weighted by molar-refractivity contribution is 5.48. The van der Waals surface area contributed by atoms with Crippen LogP contribution in [-0.2, 0) is 6.54 Å². The average Bonchev–Trinajstić information content (AvgIpc) is 2.56. The molecule has 2 N–H and O–H groups in total. The van der Waals surface area contributed by atoms with Gasteiger partial charge in [-0.3, -0.25) is 0 Å². The molecule has 1 aromatic heterocycles. The van der Waals surface area contributed by atoms with Crippen LogP contribution in [-0.4, -0.2) is 10.3 Å². The molecule has 0 fully saturated rings. The second-order valence-electron chi connectivity index (χ2n) is 3.71. The minimum absolute atomic E-state index is 0.253. The van der Waals surface area contributed by atoms with E-state index in [0.29, 0.717) is 6.54 Å². The van der Waals surface area contributed by atoms with Gasteiger partial charge in [-0.2, -0.15) is 0 Å². The van der Waals surface area contributed by atoms with Crippen LogP contribution in [0.15, 0.2) is 28.8 Å². The Labute approximate surface area is 93.9 Å². The Morgan fingerprint density at radius 3 is 2.81 bits per heavy atom. The Morgan fingerprint density at radius 1 is 1.38 bits per heavy atom. The third-order valence-electron chi connectivity index (χ3n) is 2.50. The molecule has 84 valence electrons. The van der Waals surface area contributed by atoms with E-state index in [4.69, 9.17) is 4.52 Å². The third-order valence-corrected chi connectivity index (χ3v) is 2.50. The predicted molar refractivity (Wildman–Crippen MR) is 61.4 cm³/mol. The van der Waals surface area contributed by atoms with Crippen molar-refractivity contribution >= 4 is 5.69 Å². The number of aromatic hydroxyl groups is 1. The lowest BCUT2D eigenvalue weighted by Gasteiger charge is -2.05. The Hall–Kier alpha value is -1.97. The standard InChI is InChI=1S/C12H14N2O2/c1-8-12(9(2)16-14-8)7-13-10-4-3-5-11(15)6-10/h3-6,13,15H,7H2,1-2H3. The van der Waals surface area contributed by atoms with Gasteiger partial charge in [-0.05, 0) is 26.0 Å². The fourth-order valence-corrected chi connectivity index (χ4v) is 1.56. The van der Waals surface area contributed by atoms with Gasteiger partial charge in [0, 0.05) is 23.9 Å². The third kappa shape index (κ3) is 2.16. The minimum atomic E-state index is 0.253. The highest BCUT2D eigenvalue weighted by atomic mass is 16.5. The van der Waals surface area contributed by atoms with Crippen LogP contribution in [0.25, 0.3) is 0 Å². The summed E-state index contributed by atoms with van der Waals surface area (Å²) in [5.74, 6) is 1.08. The van der Waals surface area contributed by atoms with Crippen LogP contribution in [0.2, 0.25) is 0 Å². The molecule has 4 heteroatoms. The van der Waals surface area contributed by atoms with Crippen LogP contribution in [0.4, 0.5) is 5.69 Å². The second kappa shape index (κ2) is 4.26. The second-order valence-corrected chi connectivity index (χ2v) is 3.71. The molecule has 2 rings (SSSR count). The first kappa shape index (κ1) is 10.5. The van der Waals surface area contributed by atoms with E-state index in [1.54, 1.807) is 18.2 Å². The van der Waals surface area contributed by atoms with Crippen molar-refractivity contribution in [3.8, 4) is 5.75 Å². The van der Waals surface area contributed by atoms with Gasteiger partial charge >= 0.3 is 0 Å². The van der Waals surface area contributed by atoms with Gasteiger partial charge in [-0.1, -0.05) is 11.2 Å². The van der Waals surface area contributed by atoms with Crippen molar-refractivity contribution in [3.63, 3.8) is 0 Å². The van der Waals surface area contributed by atoms with Gasteiger partial charge < -0.3 is 14.9 Å². The molecule has 2 aromatic rings. The number of hydrogen-bond acceptors (Lipinski definition) is 4. The molecule has 1 aromatic carbocycles. The number of phenols is 1. The van der Waals surface area contributed by atoms with Crippen molar-refractivity contribution in [1.29, 1.82) is 0 Å². The fourth-order valence-electron chi connectivity index (χ4n) is 1.56. The van der Waals surface area contributed by atoms with Crippen LogP contribution in [0.3, 0.4) is 0 Å². The Bertz CT molecular complexity index is 472. The normalized spacial score (nSPS) is 10.4. The highest BCUT2D eigenvalue weighted by Gasteiger charge is 2.08. The quantitative estimate of drug-likeness (QED) is 0.831. The number of aryl methyl sites for hydroxylation is 2. The molecule has 0 atom stereocenters. The van der Waals surface area contributed by atoms with Gasteiger partial charge in [0.15, 0.2) is 0 Å². The molecule has 0 saturated carbocycles.